The minimum atomic E-state index is 0.678. The second-order valence-corrected chi connectivity index (χ2v) is 7.53. The van der Waals surface area contributed by atoms with Crippen LogP contribution in [0, 0.1) is 13.8 Å². The number of amidine groups is 1. The third-order valence-electron chi connectivity index (χ3n) is 5.26. The maximum atomic E-state index is 5.28. The van der Waals surface area contributed by atoms with Crippen molar-refractivity contribution < 1.29 is 4.74 Å². The number of hydrogen-bond donors (Lipinski definition) is 0. The van der Waals surface area contributed by atoms with Gasteiger partial charge in [-0.15, -0.1) is 0 Å². The summed E-state index contributed by atoms with van der Waals surface area (Å²) in [6.07, 6.45) is 0. The Morgan fingerprint density at radius 3 is 2.38 bits per heavy atom. The van der Waals surface area contributed by atoms with Crippen molar-refractivity contribution in [1.82, 2.24) is 4.90 Å². The highest BCUT2D eigenvalue weighted by atomic mass is 16.5. The fourth-order valence-electron chi connectivity index (χ4n) is 3.79. The van der Waals surface area contributed by atoms with Crippen LogP contribution in [-0.4, -0.2) is 31.2 Å². The molecule has 0 radical (unpaired) electrons. The van der Waals surface area contributed by atoms with E-state index in [4.69, 9.17) is 9.73 Å². The van der Waals surface area contributed by atoms with Gasteiger partial charge in [-0.25, -0.2) is 0 Å². The normalized spacial score (nSPS) is 14.6. The van der Waals surface area contributed by atoms with Crippen LogP contribution < -0.4 is 9.64 Å². The molecule has 0 N–H and O–H groups in total. The molecule has 0 unspecified atom stereocenters. The van der Waals surface area contributed by atoms with Gasteiger partial charge in [-0.3, -0.25) is 9.89 Å². The Kier molecular flexibility index (Phi) is 5.63. The maximum Gasteiger partial charge on any atom is 0.137 e. The summed E-state index contributed by atoms with van der Waals surface area (Å²) < 4.78 is 5.28. The summed E-state index contributed by atoms with van der Waals surface area (Å²) >= 11 is 0. The van der Waals surface area contributed by atoms with Crippen LogP contribution in [0.3, 0.4) is 0 Å². The molecule has 0 amide bonds. The Hall–Kier alpha value is -3.11. The molecule has 0 atom stereocenters. The number of aliphatic imine (C=N–C) groups is 1. The van der Waals surface area contributed by atoms with Crippen molar-refractivity contribution in [3.63, 3.8) is 0 Å². The lowest BCUT2D eigenvalue weighted by molar-refractivity contribution is 0.273. The van der Waals surface area contributed by atoms with E-state index in [1.165, 1.54) is 22.4 Å². The molecule has 0 saturated carbocycles. The zero-order chi connectivity index (χ0) is 20.2. The minimum Gasteiger partial charge on any atom is -0.497 e. The highest BCUT2D eigenvalue weighted by Crippen LogP contribution is 2.26. The Morgan fingerprint density at radius 1 is 0.931 bits per heavy atom. The van der Waals surface area contributed by atoms with Gasteiger partial charge >= 0.3 is 0 Å². The molecule has 4 heteroatoms. The first-order valence-corrected chi connectivity index (χ1v) is 9.94. The lowest BCUT2D eigenvalue weighted by Gasteiger charge is -2.37. The van der Waals surface area contributed by atoms with Crippen LogP contribution in [-0.2, 0) is 6.54 Å². The molecule has 0 saturated heterocycles. The van der Waals surface area contributed by atoms with Gasteiger partial charge in [-0.05, 0) is 43.2 Å². The third-order valence-corrected chi connectivity index (χ3v) is 5.26. The van der Waals surface area contributed by atoms with Crippen molar-refractivity contribution in [2.24, 2.45) is 4.99 Å². The quantitative estimate of drug-likeness (QED) is 0.619. The summed E-state index contributed by atoms with van der Waals surface area (Å²) in [5, 5.41) is 0. The number of nitrogens with zero attached hydrogens (tertiary/aromatic N) is 3. The first-order chi connectivity index (χ1) is 14.1. The van der Waals surface area contributed by atoms with Gasteiger partial charge in [0.15, 0.2) is 0 Å². The molecule has 3 aromatic carbocycles. The highest BCUT2D eigenvalue weighted by Gasteiger charge is 2.24. The summed E-state index contributed by atoms with van der Waals surface area (Å²) in [6.45, 7) is 6.63. The summed E-state index contributed by atoms with van der Waals surface area (Å²) in [6, 6.07) is 25.3. The topological polar surface area (TPSA) is 28.1 Å². The van der Waals surface area contributed by atoms with E-state index in [0.29, 0.717) is 6.67 Å². The maximum absolute atomic E-state index is 5.28. The third kappa shape index (κ3) is 4.33. The van der Waals surface area contributed by atoms with Crippen molar-refractivity contribution in [2.75, 3.05) is 25.3 Å². The summed E-state index contributed by atoms with van der Waals surface area (Å²) in [7, 11) is 1.70. The van der Waals surface area contributed by atoms with E-state index >= 15 is 0 Å². The van der Waals surface area contributed by atoms with Crippen molar-refractivity contribution in [3.05, 3.63) is 95.1 Å². The predicted octanol–water partition coefficient (Wildman–Crippen LogP) is 5.00. The SMILES string of the molecule is COc1ccc(CN2CN=C(c3ccccc3)N(c3ccc(C)cc3C)C2)cc1. The number of anilines is 1. The Balaban J connectivity index is 1.64. The van der Waals surface area contributed by atoms with Gasteiger partial charge in [-0.2, -0.15) is 0 Å². The molecule has 4 nitrogen and oxygen atoms in total. The molecule has 4 rings (SSSR count). The molecular formula is C25H27N3O. The van der Waals surface area contributed by atoms with E-state index in [1.54, 1.807) is 7.11 Å². The number of rotatable bonds is 5. The summed E-state index contributed by atoms with van der Waals surface area (Å²) in [4.78, 5) is 9.66. The molecule has 1 aliphatic rings. The first-order valence-electron chi connectivity index (χ1n) is 9.94. The zero-order valence-corrected chi connectivity index (χ0v) is 17.3. The standard InChI is InChI=1S/C25H27N3O/c1-19-9-14-24(20(2)15-19)28-18-27(16-21-10-12-23(29-3)13-11-21)17-26-25(28)22-7-5-4-6-8-22/h4-15H,16-18H2,1-3H3. The second-order valence-electron chi connectivity index (χ2n) is 7.53. The van der Waals surface area contributed by atoms with E-state index in [-0.39, 0.29) is 0 Å². The monoisotopic (exact) mass is 385 g/mol. The van der Waals surface area contributed by atoms with Crippen LogP contribution in [0.4, 0.5) is 5.69 Å². The van der Waals surface area contributed by atoms with Crippen LogP contribution in [0.2, 0.25) is 0 Å². The molecule has 29 heavy (non-hydrogen) atoms. The highest BCUT2D eigenvalue weighted by molar-refractivity contribution is 6.10. The van der Waals surface area contributed by atoms with Crippen LogP contribution in [0.25, 0.3) is 0 Å². The molecular weight excluding hydrogens is 358 g/mol. The fourth-order valence-corrected chi connectivity index (χ4v) is 3.79. The number of aryl methyl sites for hydroxylation is 2. The summed E-state index contributed by atoms with van der Waals surface area (Å²) in [5.41, 5.74) is 6.15. The van der Waals surface area contributed by atoms with Gasteiger partial charge < -0.3 is 9.64 Å². The van der Waals surface area contributed by atoms with E-state index in [2.05, 4.69) is 78.2 Å². The van der Waals surface area contributed by atoms with E-state index in [1.807, 2.05) is 18.2 Å². The molecule has 0 fully saturated rings. The van der Waals surface area contributed by atoms with E-state index < -0.39 is 0 Å². The average molecular weight is 386 g/mol. The van der Waals surface area contributed by atoms with Gasteiger partial charge in [0.25, 0.3) is 0 Å². The van der Waals surface area contributed by atoms with Crippen molar-refractivity contribution >= 4 is 11.5 Å². The van der Waals surface area contributed by atoms with E-state index in [0.717, 1.165) is 30.4 Å². The number of hydrogen-bond acceptors (Lipinski definition) is 4. The van der Waals surface area contributed by atoms with Gasteiger partial charge in [0.1, 0.15) is 11.6 Å². The Bertz CT molecular complexity index is 996. The fraction of sp³-hybridized carbons (Fsp3) is 0.240. The number of methoxy groups -OCH3 is 1. The van der Waals surface area contributed by atoms with Gasteiger partial charge in [0.2, 0.25) is 0 Å². The number of ether oxygens (including phenoxy) is 1. The first kappa shape index (κ1) is 19.2. The van der Waals surface area contributed by atoms with Crippen molar-refractivity contribution in [2.45, 2.75) is 20.4 Å². The Morgan fingerprint density at radius 2 is 1.69 bits per heavy atom. The molecule has 0 spiro atoms. The summed E-state index contributed by atoms with van der Waals surface area (Å²) in [5.74, 6) is 1.91. The van der Waals surface area contributed by atoms with Crippen molar-refractivity contribution in [3.8, 4) is 5.75 Å². The predicted molar refractivity (Wildman–Crippen MR) is 120 cm³/mol. The average Bonchev–Trinajstić information content (AvgIpc) is 2.75. The smallest absolute Gasteiger partial charge is 0.137 e. The molecule has 0 bridgehead atoms. The molecule has 3 aromatic rings. The Labute approximate surface area is 173 Å². The van der Waals surface area contributed by atoms with Crippen LogP contribution in [0.15, 0.2) is 77.8 Å². The lowest BCUT2D eigenvalue weighted by Crippen LogP contribution is -2.46. The minimum absolute atomic E-state index is 0.678. The molecule has 0 aromatic heterocycles. The number of benzene rings is 3. The largest absolute Gasteiger partial charge is 0.497 e. The van der Waals surface area contributed by atoms with Gasteiger partial charge in [0.05, 0.1) is 20.4 Å². The molecule has 148 valence electrons. The van der Waals surface area contributed by atoms with Crippen LogP contribution in [0.1, 0.15) is 22.3 Å². The van der Waals surface area contributed by atoms with Crippen LogP contribution >= 0.6 is 0 Å². The zero-order valence-electron chi connectivity index (χ0n) is 17.3. The van der Waals surface area contributed by atoms with E-state index in [9.17, 15) is 0 Å². The van der Waals surface area contributed by atoms with Crippen molar-refractivity contribution in [1.29, 1.82) is 0 Å². The van der Waals surface area contributed by atoms with Gasteiger partial charge in [0, 0.05) is 17.8 Å². The second kappa shape index (κ2) is 8.50. The molecule has 1 heterocycles. The van der Waals surface area contributed by atoms with Gasteiger partial charge in [-0.1, -0.05) is 60.2 Å². The molecule has 1 aliphatic heterocycles. The molecule has 0 aliphatic carbocycles. The van der Waals surface area contributed by atoms with Crippen LogP contribution in [0.5, 0.6) is 5.75 Å². The lowest BCUT2D eigenvalue weighted by atomic mass is 10.1.